The van der Waals surface area contributed by atoms with Crippen LogP contribution >= 0.6 is 0 Å². The third-order valence-electron chi connectivity index (χ3n) is 5.79. The molecule has 1 aromatic rings. The van der Waals surface area contributed by atoms with Crippen molar-refractivity contribution < 1.29 is 9.59 Å². The minimum atomic E-state index is -0.155. The lowest BCUT2D eigenvalue weighted by Crippen LogP contribution is -2.54. The van der Waals surface area contributed by atoms with Crippen molar-refractivity contribution in [1.82, 2.24) is 5.32 Å². The summed E-state index contributed by atoms with van der Waals surface area (Å²) in [5.74, 6) is 0.394. The number of rotatable bonds is 1. The maximum Gasteiger partial charge on any atom is 0.230 e. The summed E-state index contributed by atoms with van der Waals surface area (Å²) in [6.45, 7) is 0. The van der Waals surface area contributed by atoms with Gasteiger partial charge in [-0.25, -0.2) is 0 Å². The molecular weight excluding hydrogens is 262 g/mol. The largest absolute Gasteiger partial charge is 0.296 e. The topological polar surface area (TPSA) is 46.2 Å². The fraction of sp³-hybridized carbons (Fsp3) is 0.556. The van der Waals surface area contributed by atoms with Crippen molar-refractivity contribution in [3.05, 3.63) is 35.4 Å². The van der Waals surface area contributed by atoms with Crippen LogP contribution in [0.2, 0.25) is 0 Å². The van der Waals surface area contributed by atoms with Gasteiger partial charge in [-0.1, -0.05) is 37.1 Å². The fourth-order valence-corrected chi connectivity index (χ4v) is 5.04. The van der Waals surface area contributed by atoms with Gasteiger partial charge in [-0.15, -0.1) is 0 Å². The molecule has 1 aromatic carbocycles. The molecule has 4 rings (SSSR count). The summed E-state index contributed by atoms with van der Waals surface area (Å²) >= 11 is 0. The highest BCUT2D eigenvalue weighted by atomic mass is 16.2. The van der Waals surface area contributed by atoms with Crippen LogP contribution in [-0.2, 0) is 22.4 Å². The molecule has 1 unspecified atom stereocenters. The molecule has 1 heterocycles. The first-order valence-corrected chi connectivity index (χ1v) is 8.08. The molecule has 1 atom stereocenters. The Bertz CT molecular complexity index is 576. The van der Waals surface area contributed by atoms with E-state index >= 15 is 0 Å². The summed E-state index contributed by atoms with van der Waals surface area (Å²) in [5, 5.41) is 2.61. The van der Waals surface area contributed by atoms with Gasteiger partial charge < -0.3 is 0 Å². The van der Waals surface area contributed by atoms with Crippen molar-refractivity contribution in [3.63, 3.8) is 0 Å². The quantitative estimate of drug-likeness (QED) is 0.805. The van der Waals surface area contributed by atoms with Gasteiger partial charge in [0, 0.05) is 12.3 Å². The SMILES string of the molecule is O=C1CC2(Cc3ccccc3C2)C(C2CCCC2)C(=O)N1. The molecule has 0 aromatic heterocycles. The first-order valence-electron chi connectivity index (χ1n) is 8.08. The number of benzene rings is 1. The summed E-state index contributed by atoms with van der Waals surface area (Å²) in [7, 11) is 0. The average Bonchev–Trinajstić information content (AvgIpc) is 3.04. The summed E-state index contributed by atoms with van der Waals surface area (Å²) in [5.41, 5.74) is 2.52. The van der Waals surface area contributed by atoms with Gasteiger partial charge in [-0.3, -0.25) is 14.9 Å². The summed E-state index contributed by atoms with van der Waals surface area (Å²) in [6, 6.07) is 8.44. The van der Waals surface area contributed by atoms with Crippen LogP contribution in [0.5, 0.6) is 0 Å². The van der Waals surface area contributed by atoms with Crippen molar-refractivity contribution in [1.29, 1.82) is 0 Å². The number of piperidine rings is 1. The average molecular weight is 283 g/mol. The summed E-state index contributed by atoms with van der Waals surface area (Å²) in [4.78, 5) is 24.6. The molecule has 3 heteroatoms. The maximum atomic E-state index is 12.6. The van der Waals surface area contributed by atoms with Crippen LogP contribution in [0.3, 0.4) is 0 Å². The van der Waals surface area contributed by atoms with Crippen molar-refractivity contribution >= 4 is 11.8 Å². The highest BCUT2D eigenvalue weighted by Crippen LogP contribution is 2.52. The number of amides is 2. The normalized spacial score (nSPS) is 27.9. The van der Waals surface area contributed by atoms with Gasteiger partial charge in [0.1, 0.15) is 0 Å². The minimum Gasteiger partial charge on any atom is -0.296 e. The zero-order valence-electron chi connectivity index (χ0n) is 12.2. The van der Waals surface area contributed by atoms with Crippen LogP contribution in [0.15, 0.2) is 24.3 Å². The van der Waals surface area contributed by atoms with Gasteiger partial charge in [0.05, 0.1) is 0 Å². The number of imide groups is 1. The fourth-order valence-electron chi connectivity index (χ4n) is 5.04. The number of fused-ring (bicyclic) bond motifs is 1. The van der Waals surface area contributed by atoms with Crippen molar-refractivity contribution in [3.8, 4) is 0 Å². The molecule has 1 saturated carbocycles. The molecule has 2 fully saturated rings. The Morgan fingerprint density at radius 2 is 1.57 bits per heavy atom. The Labute approximate surface area is 125 Å². The van der Waals surface area contributed by atoms with Gasteiger partial charge in [0.25, 0.3) is 0 Å². The Kier molecular flexibility index (Phi) is 2.91. The number of carbonyl (C=O) groups is 2. The number of nitrogens with one attached hydrogen (secondary N) is 1. The molecule has 110 valence electrons. The molecule has 21 heavy (non-hydrogen) atoms. The highest BCUT2D eigenvalue weighted by Gasteiger charge is 2.54. The molecule has 0 radical (unpaired) electrons. The molecule has 3 nitrogen and oxygen atoms in total. The van der Waals surface area contributed by atoms with E-state index in [0.717, 1.165) is 25.7 Å². The first kappa shape index (κ1) is 13.1. The predicted octanol–water partition coefficient (Wildman–Crippen LogP) is 2.62. The molecule has 1 saturated heterocycles. The van der Waals surface area contributed by atoms with E-state index in [9.17, 15) is 9.59 Å². The number of hydrogen-bond acceptors (Lipinski definition) is 2. The zero-order chi connectivity index (χ0) is 14.4. The monoisotopic (exact) mass is 283 g/mol. The Morgan fingerprint density at radius 3 is 2.19 bits per heavy atom. The summed E-state index contributed by atoms with van der Waals surface area (Å²) < 4.78 is 0. The van der Waals surface area contributed by atoms with Gasteiger partial charge in [-0.2, -0.15) is 0 Å². The smallest absolute Gasteiger partial charge is 0.230 e. The van der Waals surface area contributed by atoms with E-state index in [1.54, 1.807) is 0 Å². The lowest BCUT2D eigenvalue weighted by atomic mass is 9.63. The van der Waals surface area contributed by atoms with Gasteiger partial charge >= 0.3 is 0 Å². The van der Waals surface area contributed by atoms with Gasteiger partial charge in [0.15, 0.2) is 0 Å². The maximum absolute atomic E-state index is 12.6. The Balaban J connectivity index is 1.73. The molecule has 2 aliphatic carbocycles. The van der Waals surface area contributed by atoms with Crippen LogP contribution in [0.25, 0.3) is 0 Å². The second kappa shape index (κ2) is 4.69. The third kappa shape index (κ3) is 2.02. The third-order valence-corrected chi connectivity index (χ3v) is 5.79. The van der Waals surface area contributed by atoms with Crippen molar-refractivity contribution in [2.24, 2.45) is 17.3 Å². The van der Waals surface area contributed by atoms with Crippen LogP contribution in [0, 0.1) is 17.3 Å². The van der Waals surface area contributed by atoms with Crippen LogP contribution in [0.4, 0.5) is 0 Å². The zero-order valence-corrected chi connectivity index (χ0v) is 12.2. The molecule has 3 aliphatic rings. The van der Waals surface area contributed by atoms with E-state index in [-0.39, 0.29) is 23.1 Å². The molecule has 2 amide bonds. The highest BCUT2D eigenvalue weighted by molar-refractivity contribution is 6.00. The second-order valence-corrected chi connectivity index (χ2v) is 7.10. The predicted molar refractivity (Wildman–Crippen MR) is 79.5 cm³/mol. The Hall–Kier alpha value is -1.64. The standard InChI is InChI=1S/C18H21NO2/c20-15-11-18(9-13-7-3-4-8-14(13)10-18)16(17(21)19-15)12-5-1-2-6-12/h3-4,7-8,12,16H,1-2,5-6,9-11H2,(H,19,20,21). The van der Waals surface area contributed by atoms with E-state index < -0.39 is 0 Å². The van der Waals surface area contributed by atoms with E-state index in [0.29, 0.717) is 12.3 Å². The first-order chi connectivity index (χ1) is 10.2. The van der Waals surface area contributed by atoms with E-state index in [1.165, 1.54) is 24.0 Å². The Morgan fingerprint density at radius 1 is 0.952 bits per heavy atom. The van der Waals surface area contributed by atoms with Gasteiger partial charge in [0.2, 0.25) is 11.8 Å². The lowest BCUT2D eigenvalue weighted by Gasteiger charge is -2.42. The van der Waals surface area contributed by atoms with Crippen molar-refractivity contribution in [2.75, 3.05) is 0 Å². The number of carbonyl (C=O) groups excluding carboxylic acids is 2. The van der Waals surface area contributed by atoms with E-state index in [1.807, 2.05) is 0 Å². The van der Waals surface area contributed by atoms with E-state index in [2.05, 4.69) is 29.6 Å². The molecule has 1 spiro atoms. The van der Waals surface area contributed by atoms with Crippen LogP contribution in [-0.4, -0.2) is 11.8 Å². The second-order valence-electron chi connectivity index (χ2n) is 7.10. The molecule has 0 bridgehead atoms. The molecule has 1 N–H and O–H groups in total. The van der Waals surface area contributed by atoms with Crippen LogP contribution < -0.4 is 5.32 Å². The molecule has 1 aliphatic heterocycles. The van der Waals surface area contributed by atoms with Crippen molar-refractivity contribution in [2.45, 2.75) is 44.9 Å². The van der Waals surface area contributed by atoms with Crippen LogP contribution in [0.1, 0.15) is 43.2 Å². The lowest BCUT2D eigenvalue weighted by molar-refractivity contribution is -0.146. The van der Waals surface area contributed by atoms with Gasteiger partial charge in [-0.05, 0) is 48.1 Å². The summed E-state index contributed by atoms with van der Waals surface area (Å²) in [6.07, 6.45) is 7.03. The van der Waals surface area contributed by atoms with E-state index in [4.69, 9.17) is 0 Å². The number of hydrogen-bond donors (Lipinski definition) is 1. The minimum absolute atomic E-state index is 0.00837. The molecular formula is C18H21NO2.